The van der Waals surface area contributed by atoms with E-state index < -0.39 is 11.4 Å². The van der Waals surface area contributed by atoms with Crippen LogP contribution < -0.4 is 32.3 Å². The number of amides is 2. The quantitative estimate of drug-likeness (QED) is 0.548. The van der Waals surface area contributed by atoms with Gasteiger partial charge in [-0.05, 0) is 31.4 Å². The van der Waals surface area contributed by atoms with Gasteiger partial charge in [0.05, 0.1) is 16.9 Å². The van der Waals surface area contributed by atoms with Crippen molar-refractivity contribution in [1.82, 2.24) is 4.98 Å². The van der Waals surface area contributed by atoms with Crippen molar-refractivity contribution >= 4 is 39.7 Å². The van der Waals surface area contributed by atoms with Crippen LogP contribution in [-0.2, 0) is 4.79 Å². The number of para-hydroxylation sites is 2. The fourth-order valence-corrected chi connectivity index (χ4v) is 4.75. The number of nitrogens with one attached hydrogen (secondary N) is 1. The monoisotopic (exact) mass is 429 g/mol. The second kappa shape index (κ2) is 8.21. The Morgan fingerprint density at radius 1 is 1.17 bits per heavy atom. The van der Waals surface area contributed by atoms with Crippen molar-refractivity contribution in [3.63, 3.8) is 0 Å². The van der Waals surface area contributed by atoms with Gasteiger partial charge in [0.15, 0.2) is 5.13 Å². The average Bonchev–Trinajstić information content (AvgIpc) is 3.38. The van der Waals surface area contributed by atoms with Crippen molar-refractivity contribution in [2.75, 3.05) is 41.3 Å². The minimum Gasteiger partial charge on any atom is -0.370 e. The highest BCUT2D eigenvalue weighted by atomic mass is 32.1. The van der Waals surface area contributed by atoms with Gasteiger partial charge in [0.2, 0.25) is 5.91 Å². The van der Waals surface area contributed by atoms with Crippen LogP contribution in [0.4, 0.5) is 16.5 Å². The van der Waals surface area contributed by atoms with Crippen molar-refractivity contribution in [3.8, 4) is 0 Å². The number of hydrogen-bond acceptors (Lipinski definition) is 8. The van der Waals surface area contributed by atoms with Gasteiger partial charge in [0.1, 0.15) is 5.69 Å². The molecule has 0 saturated carbocycles. The van der Waals surface area contributed by atoms with E-state index in [1.54, 1.807) is 5.38 Å². The number of aromatic nitrogens is 1. The lowest BCUT2D eigenvalue weighted by Gasteiger charge is -2.38. The van der Waals surface area contributed by atoms with Crippen LogP contribution in [0.25, 0.3) is 0 Å². The Balaban J connectivity index is 1.45. The molecule has 2 saturated heterocycles. The standard InChI is InChI=1S/C20H27N7O2S/c21-13-5-8-27(11-13)19-25-15(12-30-19)17(28)24-14-3-1-2-4-16(14)26-9-6-20(23,7-10-26)18(22)29/h1-4,12-13H,5-11,21,23H2,(H2,22,29)(H,24,28)/t13-/m1/s1. The summed E-state index contributed by atoms with van der Waals surface area (Å²) in [5.74, 6) is -0.724. The summed E-state index contributed by atoms with van der Waals surface area (Å²) in [4.78, 5) is 33.2. The molecule has 1 aromatic heterocycles. The Labute approximate surface area is 179 Å². The summed E-state index contributed by atoms with van der Waals surface area (Å²) in [5, 5.41) is 5.57. The Bertz CT molecular complexity index is 939. The molecule has 10 heteroatoms. The van der Waals surface area contributed by atoms with Gasteiger partial charge < -0.3 is 32.3 Å². The van der Waals surface area contributed by atoms with Gasteiger partial charge in [-0.1, -0.05) is 12.1 Å². The van der Waals surface area contributed by atoms with E-state index in [0.29, 0.717) is 37.3 Å². The first kappa shape index (κ1) is 20.6. The number of piperidine rings is 1. The van der Waals surface area contributed by atoms with Gasteiger partial charge in [-0.25, -0.2) is 4.98 Å². The molecule has 0 bridgehead atoms. The molecule has 0 unspecified atom stereocenters. The van der Waals surface area contributed by atoms with Gasteiger partial charge in [-0.3, -0.25) is 9.59 Å². The summed E-state index contributed by atoms with van der Waals surface area (Å²) in [7, 11) is 0. The molecule has 2 aliphatic rings. The van der Waals surface area contributed by atoms with Crippen LogP contribution >= 0.6 is 11.3 Å². The summed E-state index contributed by atoms with van der Waals surface area (Å²) >= 11 is 1.45. The molecular formula is C20H27N7O2S. The number of anilines is 3. The highest BCUT2D eigenvalue weighted by molar-refractivity contribution is 7.14. The number of benzene rings is 1. The first-order chi connectivity index (χ1) is 14.4. The number of hydrogen-bond donors (Lipinski definition) is 4. The molecule has 2 amide bonds. The predicted molar refractivity (Wildman–Crippen MR) is 119 cm³/mol. The summed E-state index contributed by atoms with van der Waals surface area (Å²) in [6.07, 6.45) is 1.88. The molecule has 30 heavy (non-hydrogen) atoms. The first-order valence-corrected chi connectivity index (χ1v) is 10.9. The third-order valence-corrected chi connectivity index (χ3v) is 6.76. The zero-order chi connectivity index (χ0) is 21.3. The summed E-state index contributed by atoms with van der Waals surface area (Å²) in [6.45, 7) is 2.80. The zero-order valence-corrected chi connectivity index (χ0v) is 17.5. The molecule has 0 spiro atoms. The van der Waals surface area contributed by atoms with E-state index in [9.17, 15) is 9.59 Å². The van der Waals surface area contributed by atoms with E-state index >= 15 is 0 Å². The molecule has 4 rings (SSSR count). The van der Waals surface area contributed by atoms with E-state index in [0.717, 1.165) is 30.3 Å². The lowest BCUT2D eigenvalue weighted by Crippen LogP contribution is -2.58. The fourth-order valence-electron chi connectivity index (χ4n) is 3.91. The van der Waals surface area contributed by atoms with Crippen LogP contribution in [0.5, 0.6) is 0 Å². The maximum atomic E-state index is 12.8. The Morgan fingerprint density at radius 2 is 1.90 bits per heavy atom. The Hall–Kier alpha value is -2.69. The number of rotatable bonds is 5. The van der Waals surface area contributed by atoms with Crippen molar-refractivity contribution in [3.05, 3.63) is 35.3 Å². The lowest BCUT2D eigenvalue weighted by molar-refractivity contribution is -0.123. The van der Waals surface area contributed by atoms with Gasteiger partial charge in [-0.2, -0.15) is 0 Å². The first-order valence-electron chi connectivity index (χ1n) is 10.1. The normalized spacial score (nSPS) is 20.9. The summed E-state index contributed by atoms with van der Waals surface area (Å²) in [5.41, 5.74) is 18.5. The number of primary amides is 1. The van der Waals surface area contributed by atoms with Crippen molar-refractivity contribution < 1.29 is 9.59 Å². The van der Waals surface area contributed by atoms with Gasteiger partial charge in [0.25, 0.3) is 5.91 Å². The third-order valence-electron chi connectivity index (χ3n) is 5.86. The molecule has 3 heterocycles. The van der Waals surface area contributed by atoms with Crippen molar-refractivity contribution in [1.29, 1.82) is 0 Å². The SMILES string of the molecule is NC(=O)C1(N)CCN(c2ccccc2NC(=O)c2csc(N3CC[C@@H](N)C3)n2)CC1. The van der Waals surface area contributed by atoms with E-state index in [1.165, 1.54) is 11.3 Å². The predicted octanol–water partition coefficient (Wildman–Crippen LogP) is 0.716. The molecule has 160 valence electrons. The maximum Gasteiger partial charge on any atom is 0.275 e. The average molecular weight is 430 g/mol. The second-order valence-electron chi connectivity index (χ2n) is 7.99. The second-order valence-corrected chi connectivity index (χ2v) is 8.83. The molecular weight excluding hydrogens is 402 g/mol. The summed E-state index contributed by atoms with van der Waals surface area (Å²) < 4.78 is 0. The van der Waals surface area contributed by atoms with E-state index in [-0.39, 0.29) is 11.9 Å². The number of nitrogens with two attached hydrogens (primary N) is 3. The Kier molecular flexibility index (Phi) is 5.63. The largest absolute Gasteiger partial charge is 0.370 e. The van der Waals surface area contributed by atoms with Crippen LogP contribution in [-0.4, -0.2) is 54.6 Å². The molecule has 7 N–H and O–H groups in total. The van der Waals surface area contributed by atoms with Crippen molar-refractivity contribution in [2.45, 2.75) is 30.8 Å². The molecule has 1 atom stereocenters. The highest BCUT2D eigenvalue weighted by Crippen LogP contribution is 2.31. The van der Waals surface area contributed by atoms with Crippen LogP contribution in [0.15, 0.2) is 29.6 Å². The van der Waals surface area contributed by atoms with Crippen LogP contribution in [0, 0.1) is 0 Å². The van der Waals surface area contributed by atoms with E-state index in [4.69, 9.17) is 17.2 Å². The van der Waals surface area contributed by atoms with Gasteiger partial charge >= 0.3 is 0 Å². The van der Waals surface area contributed by atoms with Crippen LogP contribution in [0.3, 0.4) is 0 Å². The minimum atomic E-state index is -0.968. The number of thiazole rings is 1. The number of carbonyl (C=O) groups excluding carboxylic acids is 2. The Morgan fingerprint density at radius 3 is 2.57 bits per heavy atom. The zero-order valence-electron chi connectivity index (χ0n) is 16.7. The molecule has 2 aromatic rings. The van der Waals surface area contributed by atoms with Crippen LogP contribution in [0.1, 0.15) is 29.8 Å². The smallest absolute Gasteiger partial charge is 0.275 e. The molecule has 2 aliphatic heterocycles. The van der Waals surface area contributed by atoms with Gasteiger partial charge in [-0.15, -0.1) is 11.3 Å². The minimum absolute atomic E-state index is 0.157. The topological polar surface area (TPSA) is 144 Å². The van der Waals surface area contributed by atoms with Crippen molar-refractivity contribution in [2.24, 2.45) is 17.2 Å². The van der Waals surface area contributed by atoms with E-state index in [2.05, 4.69) is 20.1 Å². The summed E-state index contributed by atoms with van der Waals surface area (Å²) in [6, 6.07) is 7.75. The highest BCUT2D eigenvalue weighted by Gasteiger charge is 2.36. The van der Waals surface area contributed by atoms with E-state index in [1.807, 2.05) is 24.3 Å². The fraction of sp³-hybridized carbons (Fsp3) is 0.450. The molecule has 0 radical (unpaired) electrons. The number of carbonyl (C=O) groups is 2. The molecule has 9 nitrogen and oxygen atoms in total. The number of nitrogens with zero attached hydrogens (tertiary/aromatic N) is 3. The lowest BCUT2D eigenvalue weighted by atomic mass is 9.87. The molecule has 2 fully saturated rings. The van der Waals surface area contributed by atoms with Gasteiger partial charge in [0, 0.05) is 37.6 Å². The molecule has 0 aliphatic carbocycles. The molecule has 1 aromatic carbocycles. The van der Waals surface area contributed by atoms with Crippen LogP contribution in [0.2, 0.25) is 0 Å². The third kappa shape index (κ3) is 4.11. The maximum absolute atomic E-state index is 12.8.